The number of rotatable bonds is 12. The van der Waals surface area contributed by atoms with Gasteiger partial charge in [0.2, 0.25) is 0 Å². The summed E-state index contributed by atoms with van der Waals surface area (Å²) in [6, 6.07) is 21.9. The van der Waals surface area contributed by atoms with E-state index in [1.807, 2.05) is 72.8 Å². The first-order valence-corrected chi connectivity index (χ1v) is 13.1. The van der Waals surface area contributed by atoms with Crippen molar-refractivity contribution >= 4 is 23.5 Å². The molecule has 0 aliphatic heterocycles. The normalized spacial score (nSPS) is 12.5. The standard InChI is InChI=1S/C28H29N5O5S/c34-26(25(14-20-6-2-1-3-7-20)31-28(37)38-18-23-15-29-19-39-23)17-33(32-27(35)36)16-21-9-11-22(12-10-21)24-8-4-5-13-30-24/h1-13,15,19,25-26,32,34H,14,16-18H2,(H,31,37)(H,35,36)/t25-,26-/m0/s1. The van der Waals surface area contributed by atoms with Crippen LogP contribution in [0, 0.1) is 0 Å². The van der Waals surface area contributed by atoms with E-state index >= 15 is 0 Å². The van der Waals surface area contributed by atoms with Gasteiger partial charge in [-0.2, -0.15) is 0 Å². The molecule has 10 nitrogen and oxygen atoms in total. The van der Waals surface area contributed by atoms with Crippen LogP contribution < -0.4 is 10.7 Å². The van der Waals surface area contributed by atoms with Crippen LogP contribution in [0.3, 0.4) is 0 Å². The largest absolute Gasteiger partial charge is 0.464 e. The van der Waals surface area contributed by atoms with Crippen LogP contribution >= 0.6 is 11.3 Å². The number of benzene rings is 2. The number of hydrogen-bond acceptors (Lipinski definition) is 8. The number of aliphatic hydroxyl groups is 1. The third kappa shape index (κ3) is 8.88. The van der Waals surface area contributed by atoms with Crippen molar-refractivity contribution in [3.8, 4) is 11.3 Å². The number of pyridine rings is 1. The van der Waals surface area contributed by atoms with Gasteiger partial charge in [0.25, 0.3) is 0 Å². The first-order valence-electron chi connectivity index (χ1n) is 12.2. The van der Waals surface area contributed by atoms with E-state index in [0.717, 1.165) is 27.3 Å². The molecule has 0 aliphatic carbocycles. The fraction of sp³-hybridized carbons (Fsp3) is 0.214. The highest BCUT2D eigenvalue weighted by Crippen LogP contribution is 2.18. The molecule has 0 bridgehead atoms. The number of hydrazine groups is 1. The van der Waals surface area contributed by atoms with Crippen LogP contribution in [0.15, 0.2) is 90.7 Å². The van der Waals surface area contributed by atoms with E-state index in [0.29, 0.717) is 6.42 Å². The zero-order chi connectivity index (χ0) is 27.5. The zero-order valence-corrected chi connectivity index (χ0v) is 21.8. The summed E-state index contributed by atoms with van der Waals surface area (Å²) >= 11 is 1.37. The van der Waals surface area contributed by atoms with E-state index in [4.69, 9.17) is 4.74 Å². The minimum Gasteiger partial charge on any atom is -0.464 e. The van der Waals surface area contributed by atoms with Gasteiger partial charge in [0.05, 0.1) is 28.2 Å². The summed E-state index contributed by atoms with van der Waals surface area (Å²) in [6.07, 6.45) is 0.582. The van der Waals surface area contributed by atoms with Gasteiger partial charge < -0.3 is 20.3 Å². The first kappa shape index (κ1) is 27.7. The van der Waals surface area contributed by atoms with E-state index in [1.165, 1.54) is 16.3 Å². The summed E-state index contributed by atoms with van der Waals surface area (Å²) in [7, 11) is 0. The molecule has 0 saturated heterocycles. The molecule has 4 rings (SSSR count). The van der Waals surface area contributed by atoms with Gasteiger partial charge in [-0.3, -0.25) is 15.4 Å². The lowest BCUT2D eigenvalue weighted by molar-refractivity contribution is 0.0479. The van der Waals surface area contributed by atoms with Gasteiger partial charge in [-0.15, -0.1) is 11.3 Å². The Hall–Kier alpha value is -4.32. The highest BCUT2D eigenvalue weighted by Gasteiger charge is 2.26. The number of carbonyl (C=O) groups is 2. The number of aromatic nitrogens is 2. The molecule has 0 unspecified atom stereocenters. The van der Waals surface area contributed by atoms with Gasteiger partial charge >= 0.3 is 12.2 Å². The van der Waals surface area contributed by atoms with Crippen LogP contribution in [0.25, 0.3) is 11.3 Å². The summed E-state index contributed by atoms with van der Waals surface area (Å²) in [5.41, 5.74) is 7.48. The minimum absolute atomic E-state index is 0.0614. The molecule has 0 radical (unpaired) electrons. The summed E-state index contributed by atoms with van der Waals surface area (Å²) in [5, 5.41) is 24.7. The number of thiazole rings is 1. The molecule has 39 heavy (non-hydrogen) atoms. The molecule has 202 valence electrons. The van der Waals surface area contributed by atoms with Gasteiger partial charge in [0.15, 0.2) is 0 Å². The molecule has 0 spiro atoms. The Kier molecular flexibility index (Phi) is 9.95. The molecule has 11 heteroatoms. The average molecular weight is 548 g/mol. The topological polar surface area (TPSA) is 137 Å². The van der Waals surface area contributed by atoms with E-state index < -0.39 is 24.3 Å². The summed E-state index contributed by atoms with van der Waals surface area (Å²) in [5.74, 6) is 0. The van der Waals surface area contributed by atoms with E-state index in [2.05, 4.69) is 20.7 Å². The molecule has 2 aromatic heterocycles. The van der Waals surface area contributed by atoms with Crippen LogP contribution in [0.2, 0.25) is 0 Å². The fourth-order valence-corrected chi connectivity index (χ4v) is 4.47. The zero-order valence-electron chi connectivity index (χ0n) is 21.0. The van der Waals surface area contributed by atoms with Gasteiger partial charge in [-0.25, -0.2) is 14.6 Å². The predicted molar refractivity (Wildman–Crippen MR) is 147 cm³/mol. The molecule has 0 saturated carbocycles. The van der Waals surface area contributed by atoms with Crippen LogP contribution in [-0.2, 0) is 24.3 Å². The SMILES string of the molecule is O=C(O)NN(Cc1ccc(-c2ccccn2)cc1)C[C@H](O)[C@H](Cc1ccccc1)NC(=O)OCc1cncs1. The van der Waals surface area contributed by atoms with E-state index in [-0.39, 0.29) is 19.7 Å². The van der Waals surface area contributed by atoms with Gasteiger partial charge in [0.1, 0.15) is 6.61 Å². The first-order chi connectivity index (χ1) is 19.0. The van der Waals surface area contributed by atoms with Gasteiger partial charge in [0, 0.05) is 31.0 Å². The van der Waals surface area contributed by atoms with Crippen molar-refractivity contribution in [2.45, 2.75) is 31.7 Å². The second-order valence-electron chi connectivity index (χ2n) is 8.76. The van der Waals surface area contributed by atoms with Crippen molar-refractivity contribution in [2.75, 3.05) is 6.54 Å². The number of nitrogens with one attached hydrogen (secondary N) is 2. The maximum Gasteiger partial charge on any atom is 0.419 e. The lowest BCUT2D eigenvalue weighted by Crippen LogP contribution is -2.52. The second-order valence-corrected chi connectivity index (χ2v) is 9.73. The maximum absolute atomic E-state index is 12.6. The van der Waals surface area contributed by atoms with Crippen molar-refractivity contribution in [3.05, 3.63) is 107 Å². The molecule has 2 heterocycles. The minimum atomic E-state index is -1.26. The van der Waals surface area contributed by atoms with Crippen molar-refractivity contribution < 1.29 is 24.5 Å². The smallest absolute Gasteiger partial charge is 0.419 e. The number of ether oxygens (including phenoxy) is 1. The molecule has 2 amide bonds. The molecule has 0 fully saturated rings. The maximum atomic E-state index is 12.6. The molecule has 2 atom stereocenters. The van der Waals surface area contributed by atoms with Gasteiger partial charge in [-0.05, 0) is 29.7 Å². The van der Waals surface area contributed by atoms with Crippen molar-refractivity contribution in [1.29, 1.82) is 0 Å². The predicted octanol–water partition coefficient (Wildman–Crippen LogP) is 4.09. The molecule has 4 aromatic rings. The van der Waals surface area contributed by atoms with E-state index in [1.54, 1.807) is 17.9 Å². The highest BCUT2D eigenvalue weighted by molar-refractivity contribution is 7.09. The van der Waals surface area contributed by atoms with Crippen molar-refractivity contribution in [3.63, 3.8) is 0 Å². The molecular formula is C28H29N5O5S. The lowest BCUT2D eigenvalue weighted by Gasteiger charge is -2.29. The monoisotopic (exact) mass is 547 g/mol. The lowest BCUT2D eigenvalue weighted by atomic mass is 10.0. The Balaban J connectivity index is 1.43. The van der Waals surface area contributed by atoms with Crippen molar-refractivity contribution in [1.82, 2.24) is 25.7 Å². The molecule has 4 N–H and O–H groups in total. The van der Waals surface area contributed by atoms with Crippen LogP contribution in [0.1, 0.15) is 16.0 Å². The molecule has 2 aromatic carbocycles. The quantitative estimate of drug-likeness (QED) is 0.195. The van der Waals surface area contributed by atoms with Crippen molar-refractivity contribution in [2.24, 2.45) is 0 Å². The van der Waals surface area contributed by atoms with Crippen LogP contribution in [0.4, 0.5) is 9.59 Å². The number of carbonyl (C=O) groups excluding carboxylic acids is 1. The second kappa shape index (κ2) is 14.0. The van der Waals surface area contributed by atoms with Crippen LogP contribution in [0.5, 0.6) is 0 Å². The molecule has 0 aliphatic rings. The Morgan fingerprint density at radius 1 is 1.00 bits per heavy atom. The van der Waals surface area contributed by atoms with Crippen LogP contribution in [-0.4, -0.2) is 56.1 Å². The number of carboxylic acid groups (broad SMARTS) is 1. The third-order valence-electron chi connectivity index (χ3n) is 5.84. The number of nitrogens with zero attached hydrogens (tertiary/aromatic N) is 3. The fourth-order valence-electron chi connectivity index (χ4n) is 3.97. The third-order valence-corrected chi connectivity index (χ3v) is 6.60. The summed E-state index contributed by atoms with van der Waals surface area (Å²) < 4.78 is 5.30. The Labute approximate surface area is 229 Å². The number of hydrogen-bond donors (Lipinski definition) is 4. The van der Waals surface area contributed by atoms with E-state index in [9.17, 15) is 19.8 Å². The number of alkyl carbamates (subject to hydrolysis) is 1. The number of aliphatic hydroxyl groups excluding tert-OH is 1. The Morgan fingerprint density at radius 3 is 2.44 bits per heavy atom. The Morgan fingerprint density at radius 2 is 1.77 bits per heavy atom. The Bertz CT molecular complexity index is 1310. The summed E-state index contributed by atoms with van der Waals surface area (Å²) in [4.78, 5) is 33.2. The highest BCUT2D eigenvalue weighted by atomic mass is 32.1. The number of amides is 2. The summed E-state index contributed by atoms with van der Waals surface area (Å²) in [6.45, 7) is 0.173. The van der Waals surface area contributed by atoms with Gasteiger partial charge in [-0.1, -0.05) is 60.7 Å². The average Bonchev–Trinajstić information content (AvgIpc) is 3.46. The molecular weight excluding hydrogens is 518 g/mol.